The maximum absolute atomic E-state index is 12.7. The van der Waals surface area contributed by atoms with Crippen LogP contribution < -0.4 is 0 Å². The summed E-state index contributed by atoms with van der Waals surface area (Å²) in [6.07, 6.45) is 45.5. The summed E-state index contributed by atoms with van der Waals surface area (Å²) in [4.78, 5) is 36.9. The maximum Gasteiger partial charge on any atom is 0.362 e. The zero-order valence-corrected chi connectivity index (χ0v) is 35.9. The van der Waals surface area contributed by atoms with Gasteiger partial charge in [0, 0.05) is 19.3 Å². The Morgan fingerprint density at radius 1 is 0.545 bits per heavy atom. The average molecular weight is 773 g/mol. The van der Waals surface area contributed by atoms with Crippen molar-refractivity contribution in [2.24, 2.45) is 0 Å². The molecule has 2 atom stereocenters. The third-order valence-corrected chi connectivity index (χ3v) is 9.39. The Morgan fingerprint density at radius 2 is 0.982 bits per heavy atom. The summed E-state index contributed by atoms with van der Waals surface area (Å²) >= 11 is 0. The molecule has 0 aromatic rings. The number of quaternary nitrogens is 1. The smallest absolute Gasteiger partial charge is 0.362 e. The second-order valence-electron chi connectivity index (χ2n) is 15.6. The fraction of sp³-hybridized carbons (Fsp3) is 0.723. The van der Waals surface area contributed by atoms with Crippen LogP contribution in [0.5, 0.6) is 0 Å². The van der Waals surface area contributed by atoms with E-state index in [-0.39, 0.29) is 36.2 Å². The van der Waals surface area contributed by atoms with Crippen LogP contribution in [0.2, 0.25) is 0 Å². The highest BCUT2D eigenvalue weighted by molar-refractivity contribution is 5.72. The zero-order chi connectivity index (χ0) is 40.7. The van der Waals surface area contributed by atoms with E-state index in [1.54, 1.807) is 0 Å². The normalized spacial score (nSPS) is 13.5. The number of aliphatic carboxylic acids is 1. The number of hydrogen-bond donors (Lipinski definition) is 1. The molecule has 8 nitrogen and oxygen atoms in total. The number of nitrogens with zero attached hydrogens (tertiary/aromatic N) is 1. The van der Waals surface area contributed by atoms with Gasteiger partial charge in [0.1, 0.15) is 6.61 Å². The summed E-state index contributed by atoms with van der Waals surface area (Å²) in [6.45, 7) is 4.62. The zero-order valence-electron chi connectivity index (χ0n) is 35.9. The minimum Gasteiger partial charge on any atom is -0.477 e. The van der Waals surface area contributed by atoms with Crippen molar-refractivity contribution in [1.29, 1.82) is 0 Å². The standard InChI is InChI=1S/C47H81NO7/c1-6-8-10-12-14-16-18-19-20-21-22-23-24-25-26-27-28-30-32-34-36-38-46(50)55-43(41-53-40-39-44(47(51)52)48(3,4)5)42-54-45(49)37-35-33-31-29-17-15-13-11-9-7-2/h13-16,19-20,22-23,25-26,43-44H,6-12,17-18,21,24,27-42H2,1-5H3/p+1/b15-13+,16-14+,20-19+,23-22+,26-25+. The second-order valence-corrected chi connectivity index (χ2v) is 15.6. The summed E-state index contributed by atoms with van der Waals surface area (Å²) in [5.41, 5.74) is 0. The number of likely N-dealkylation sites (N-methyl/N-ethyl adjacent to an activating group) is 1. The Kier molecular flexibility index (Phi) is 35.9. The molecular formula is C47H82NO7+. The van der Waals surface area contributed by atoms with Crippen molar-refractivity contribution in [1.82, 2.24) is 0 Å². The van der Waals surface area contributed by atoms with Gasteiger partial charge in [0.25, 0.3) is 0 Å². The quantitative estimate of drug-likeness (QED) is 0.0289. The van der Waals surface area contributed by atoms with Crippen LogP contribution in [0.1, 0.15) is 168 Å². The van der Waals surface area contributed by atoms with Gasteiger partial charge in [-0.3, -0.25) is 9.59 Å². The second kappa shape index (κ2) is 37.9. The summed E-state index contributed by atoms with van der Waals surface area (Å²) in [5.74, 6) is -1.52. The monoisotopic (exact) mass is 773 g/mol. The van der Waals surface area contributed by atoms with E-state index in [0.717, 1.165) is 96.3 Å². The molecule has 0 amide bonds. The fourth-order valence-electron chi connectivity index (χ4n) is 5.94. The van der Waals surface area contributed by atoms with Gasteiger partial charge in [0.15, 0.2) is 12.1 Å². The fourth-order valence-corrected chi connectivity index (χ4v) is 5.94. The number of allylic oxidation sites excluding steroid dienone is 10. The maximum atomic E-state index is 12.7. The van der Waals surface area contributed by atoms with E-state index in [9.17, 15) is 19.5 Å². The predicted molar refractivity (Wildman–Crippen MR) is 229 cm³/mol. The van der Waals surface area contributed by atoms with Crippen LogP contribution >= 0.6 is 0 Å². The lowest BCUT2D eigenvalue weighted by Gasteiger charge is -2.31. The molecule has 0 aliphatic carbocycles. The van der Waals surface area contributed by atoms with Crippen molar-refractivity contribution in [3.63, 3.8) is 0 Å². The van der Waals surface area contributed by atoms with Crippen LogP contribution in [0.4, 0.5) is 0 Å². The van der Waals surface area contributed by atoms with Crippen LogP contribution in [0, 0.1) is 0 Å². The van der Waals surface area contributed by atoms with Crippen LogP contribution in [-0.2, 0) is 28.6 Å². The highest BCUT2D eigenvalue weighted by Gasteiger charge is 2.31. The van der Waals surface area contributed by atoms with Gasteiger partial charge in [0.05, 0.1) is 34.4 Å². The van der Waals surface area contributed by atoms with E-state index in [2.05, 4.69) is 74.6 Å². The first-order valence-electron chi connectivity index (χ1n) is 21.8. The van der Waals surface area contributed by atoms with E-state index in [1.165, 1.54) is 38.5 Å². The summed E-state index contributed by atoms with van der Waals surface area (Å²) in [5, 5.41) is 9.60. The molecule has 0 aliphatic heterocycles. The van der Waals surface area contributed by atoms with Crippen LogP contribution in [-0.4, -0.2) is 80.6 Å². The molecule has 0 fully saturated rings. The number of hydrogen-bond acceptors (Lipinski definition) is 6. The molecule has 0 saturated carbocycles. The molecule has 1 N–H and O–H groups in total. The first-order chi connectivity index (χ1) is 26.6. The Balaban J connectivity index is 4.37. The van der Waals surface area contributed by atoms with E-state index in [0.29, 0.717) is 19.3 Å². The minimum absolute atomic E-state index is 0.0474. The largest absolute Gasteiger partial charge is 0.477 e. The molecule has 0 radical (unpaired) electrons. The molecule has 0 bridgehead atoms. The SMILES string of the molecule is CCCC/C=C/CCCCCCC(=O)OCC(COCCC(C(=O)O)[N+](C)(C)C)OC(=O)CCCCCCC/C=C/C/C=C/C/C=C/C/C=C/CCCCC. The number of carbonyl (C=O) groups is 3. The van der Waals surface area contributed by atoms with Gasteiger partial charge in [-0.2, -0.15) is 0 Å². The molecule has 0 aromatic heterocycles. The third kappa shape index (κ3) is 36.4. The van der Waals surface area contributed by atoms with Crippen molar-refractivity contribution in [2.75, 3.05) is 41.0 Å². The van der Waals surface area contributed by atoms with E-state index in [1.807, 2.05) is 21.1 Å². The van der Waals surface area contributed by atoms with Crippen LogP contribution in [0.15, 0.2) is 60.8 Å². The van der Waals surface area contributed by atoms with Gasteiger partial charge in [-0.25, -0.2) is 4.79 Å². The lowest BCUT2D eigenvalue weighted by Crippen LogP contribution is -2.50. The van der Waals surface area contributed by atoms with Crippen molar-refractivity contribution in [3.8, 4) is 0 Å². The highest BCUT2D eigenvalue weighted by atomic mass is 16.6. The Hall–Kier alpha value is -2.97. The molecule has 0 saturated heterocycles. The summed E-state index contributed by atoms with van der Waals surface area (Å²) in [6, 6.07) is -0.621. The van der Waals surface area contributed by atoms with Crippen molar-refractivity contribution in [2.45, 2.75) is 180 Å². The molecule has 316 valence electrons. The van der Waals surface area contributed by atoms with Crippen LogP contribution in [0.3, 0.4) is 0 Å². The highest BCUT2D eigenvalue weighted by Crippen LogP contribution is 2.13. The van der Waals surface area contributed by atoms with Gasteiger partial charge in [-0.1, -0.05) is 132 Å². The number of ether oxygens (including phenoxy) is 3. The molecular weight excluding hydrogens is 691 g/mol. The van der Waals surface area contributed by atoms with Gasteiger partial charge < -0.3 is 23.8 Å². The van der Waals surface area contributed by atoms with E-state index < -0.39 is 18.1 Å². The number of carboxylic acids is 1. The molecule has 2 unspecified atom stereocenters. The summed E-state index contributed by atoms with van der Waals surface area (Å²) < 4.78 is 17.2. The van der Waals surface area contributed by atoms with Crippen molar-refractivity contribution < 1.29 is 38.2 Å². The van der Waals surface area contributed by atoms with E-state index >= 15 is 0 Å². The first-order valence-corrected chi connectivity index (χ1v) is 21.8. The topological polar surface area (TPSA) is 99.1 Å². The number of carboxylic acid groups (broad SMARTS) is 1. The van der Waals surface area contributed by atoms with Gasteiger partial charge in [-0.15, -0.1) is 0 Å². The lowest BCUT2D eigenvalue weighted by atomic mass is 10.1. The average Bonchev–Trinajstić information content (AvgIpc) is 3.14. The Labute approximate surface area is 337 Å². The number of esters is 2. The van der Waals surface area contributed by atoms with E-state index in [4.69, 9.17) is 14.2 Å². The number of unbranched alkanes of at least 4 members (excludes halogenated alkanes) is 14. The number of carbonyl (C=O) groups excluding carboxylic acids is 2. The molecule has 0 spiro atoms. The van der Waals surface area contributed by atoms with Crippen LogP contribution in [0.25, 0.3) is 0 Å². The van der Waals surface area contributed by atoms with Gasteiger partial charge >= 0.3 is 17.9 Å². The van der Waals surface area contributed by atoms with Crippen molar-refractivity contribution >= 4 is 17.9 Å². The Bertz CT molecular complexity index is 1090. The third-order valence-electron chi connectivity index (χ3n) is 9.39. The first kappa shape index (κ1) is 52.0. The summed E-state index contributed by atoms with van der Waals surface area (Å²) in [7, 11) is 5.51. The molecule has 0 aromatic carbocycles. The molecule has 0 aliphatic rings. The molecule has 8 heteroatoms. The minimum atomic E-state index is -0.883. The number of rotatable bonds is 38. The van der Waals surface area contributed by atoms with Gasteiger partial charge in [0.2, 0.25) is 0 Å². The predicted octanol–water partition coefficient (Wildman–Crippen LogP) is 11.8. The lowest BCUT2D eigenvalue weighted by molar-refractivity contribution is -0.887. The molecule has 55 heavy (non-hydrogen) atoms. The van der Waals surface area contributed by atoms with Crippen molar-refractivity contribution in [3.05, 3.63) is 60.8 Å². The Morgan fingerprint density at radius 3 is 1.49 bits per heavy atom. The van der Waals surface area contributed by atoms with Gasteiger partial charge in [-0.05, 0) is 77.0 Å². The molecule has 0 rings (SSSR count). The molecule has 0 heterocycles.